The minimum atomic E-state index is 0.138. The van der Waals surface area contributed by atoms with Crippen molar-refractivity contribution in [2.24, 2.45) is 0 Å². The molecule has 3 heterocycles. The maximum absolute atomic E-state index is 9.13. The normalized spacial score (nSPS) is 17.0. The van der Waals surface area contributed by atoms with Gasteiger partial charge >= 0.3 is 0 Å². The largest absolute Gasteiger partial charge is 0.394 e. The number of aliphatic hydroxyl groups is 1. The monoisotopic (exact) mass is 318 g/mol. The Morgan fingerprint density at radius 2 is 2.04 bits per heavy atom. The number of aryl methyl sites for hydroxylation is 1. The topological polar surface area (TPSA) is 72.0 Å². The predicted octanol–water partition coefficient (Wildman–Crippen LogP) is 1.17. The van der Waals surface area contributed by atoms with Crippen LogP contribution in [-0.4, -0.2) is 54.2 Å². The van der Waals surface area contributed by atoms with Crippen LogP contribution in [0.2, 0.25) is 0 Å². The summed E-state index contributed by atoms with van der Waals surface area (Å²) in [7, 11) is 0. The number of hydrogen-bond donors (Lipinski definition) is 1. The molecule has 0 atom stereocenters. The van der Waals surface area contributed by atoms with E-state index in [2.05, 4.69) is 37.8 Å². The lowest BCUT2D eigenvalue weighted by Gasteiger charge is -2.31. The minimum absolute atomic E-state index is 0.138. The van der Waals surface area contributed by atoms with E-state index in [9.17, 15) is 0 Å². The Kier molecular flexibility index (Phi) is 5.07. The van der Waals surface area contributed by atoms with E-state index in [1.807, 2.05) is 17.8 Å². The second-order valence-electron chi connectivity index (χ2n) is 6.16. The summed E-state index contributed by atoms with van der Waals surface area (Å²) in [5.74, 6) is 2.59. The third kappa shape index (κ3) is 3.45. The number of rotatable bonds is 6. The van der Waals surface area contributed by atoms with Crippen LogP contribution in [0.4, 0.5) is 0 Å². The Balaban J connectivity index is 1.59. The third-order valence-corrected chi connectivity index (χ3v) is 4.76. The molecule has 1 aliphatic heterocycles. The molecule has 0 unspecified atom stereocenters. The van der Waals surface area contributed by atoms with Gasteiger partial charge in [-0.1, -0.05) is 0 Å². The lowest BCUT2D eigenvalue weighted by molar-refractivity contribution is 0.192. The Morgan fingerprint density at radius 3 is 2.74 bits per heavy atom. The molecular weight excluding hydrogens is 292 g/mol. The molecule has 23 heavy (non-hydrogen) atoms. The highest BCUT2D eigenvalue weighted by Crippen LogP contribution is 2.28. The Labute approximate surface area is 136 Å². The van der Waals surface area contributed by atoms with Crippen LogP contribution in [0.25, 0.3) is 0 Å². The first-order valence-corrected chi connectivity index (χ1v) is 8.46. The zero-order chi connectivity index (χ0) is 16.2. The lowest BCUT2D eigenvalue weighted by atomic mass is 9.93. The van der Waals surface area contributed by atoms with Crippen molar-refractivity contribution in [1.82, 2.24) is 29.4 Å². The number of aromatic nitrogens is 5. The van der Waals surface area contributed by atoms with E-state index in [1.54, 1.807) is 0 Å². The van der Waals surface area contributed by atoms with Crippen LogP contribution in [0.15, 0.2) is 12.3 Å². The molecule has 1 fully saturated rings. The van der Waals surface area contributed by atoms with E-state index in [-0.39, 0.29) is 6.61 Å². The summed E-state index contributed by atoms with van der Waals surface area (Å²) in [5.41, 5.74) is 1.26. The SMILES string of the molecule is CCn1c(C)nnc1CN1CCC(c2ccnn2CCO)CC1. The standard InChI is InChI=1S/C16H26N6O/c1-3-21-13(2)18-19-16(21)12-20-8-5-14(6-9-20)15-4-7-17-22(15)10-11-23/h4,7,14,23H,3,5-6,8-12H2,1-2H3. The summed E-state index contributed by atoms with van der Waals surface area (Å²) in [5, 5.41) is 22.0. The molecule has 126 valence electrons. The molecule has 3 rings (SSSR count). The first-order valence-electron chi connectivity index (χ1n) is 8.46. The molecule has 1 N–H and O–H groups in total. The van der Waals surface area contributed by atoms with Gasteiger partial charge in [0.25, 0.3) is 0 Å². The van der Waals surface area contributed by atoms with Crippen molar-refractivity contribution in [3.05, 3.63) is 29.6 Å². The molecule has 2 aromatic rings. The average Bonchev–Trinajstić information content (AvgIpc) is 3.15. The van der Waals surface area contributed by atoms with Crippen LogP contribution in [0.1, 0.15) is 43.0 Å². The molecular formula is C16H26N6O. The van der Waals surface area contributed by atoms with Gasteiger partial charge in [0.2, 0.25) is 0 Å². The molecule has 1 saturated heterocycles. The van der Waals surface area contributed by atoms with Crippen molar-refractivity contribution in [2.75, 3.05) is 19.7 Å². The zero-order valence-corrected chi connectivity index (χ0v) is 14.0. The van der Waals surface area contributed by atoms with Crippen LogP contribution in [0, 0.1) is 6.92 Å². The summed E-state index contributed by atoms with van der Waals surface area (Å²) >= 11 is 0. The Bertz CT molecular complexity index is 626. The maximum Gasteiger partial charge on any atom is 0.147 e. The van der Waals surface area contributed by atoms with Crippen molar-refractivity contribution >= 4 is 0 Å². The molecule has 7 nitrogen and oxygen atoms in total. The van der Waals surface area contributed by atoms with Gasteiger partial charge in [-0.05, 0) is 45.8 Å². The fourth-order valence-corrected chi connectivity index (χ4v) is 3.51. The van der Waals surface area contributed by atoms with Crippen molar-refractivity contribution in [3.8, 4) is 0 Å². The molecule has 0 saturated carbocycles. The van der Waals surface area contributed by atoms with Crippen LogP contribution < -0.4 is 0 Å². The lowest BCUT2D eigenvalue weighted by Crippen LogP contribution is -2.34. The highest BCUT2D eigenvalue weighted by atomic mass is 16.3. The van der Waals surface area contributed by atoms with Gasteiger partial charge in [0, 0.05) is 24.4 Å². The van der Waals surface area contributed by atoms with Crippen LogP contribution in [0.5, 0.6) is 0 Å². The van der Waals surface area contributed by atoms with E-state index in [0.29, 0.717) is 12.5 Å². The summed E-state index contributed by atoms with van der Waals surface area (Å²) in [6.45, 7) is 8.78. The van der Waals surface area contributed by atoms with Gasteiger partial charge in [0.05, 0.1) is 19.7 Å². The highest BCUT2D eigenvalue weighted by molar-refractivity contribution is 5.09. The number of hydrogen-bond acceptors (Lipinski definition) is 5. The number of nitrogens with zero attached hydrogens (tertiary/aromatic N) is 6. The third-order valence-electron chi connectivity index (χ3n) is 4.76. The molecule has 0 spiro atoms. The first-order chi connectivity index (χ1) is 11.2. The van der Waals surface area contributed by atoms with E-state index in [1.165, 1.54) is 5.69 Å². The van der Waals surface area contributed by atoms with Crippen LogP contribution >= 0.6 is 0 Å². The molecule has 0 aromatic carbocycles. The fourth-order valence-electron chi connectivity index (χ4n) is 3.51. The molecule has 0 bridgehead atoms. The molecule has 7 heteroatoms. The molecule has 2 aromatic heterocycles. The number of piperidine rings is 1. The van der Waals surface area contributed by atoms with Crippen molar-refractivity contribution in [2.45, 2.75) is 52.2 Å². The molecule has 0 amide bonds. The van der Waals surface area contributed by atoms with Crippen molar-refractivity contribution in [3.63, 3.8) is 0 Å². The van der Waals surface area contributed by atoms with Gasteiger partial charge in [0.15, 0.2) is 0 Å². The van der Waals surface area contributed by atoms with Gasteiger partial charge in [-0.25, -0.2) is 0 Å². The quantitative estimate of drug-likeness (QED) is 0.866. The van der Waals surface area contributed by atoms with Crippen molar-refractivity contribution < 1.29 is 5.11 Å². The van der Waals surface area contributed by atoms with Gasteiger partial charge in [-0.3, -0.25) is 9.58 Å². The second kappa shape index (κ2) is 7.23. The highest BCUT2D eigenvalue weighted by Gasteiger charge is 2.24. The first kappa shape index (κ1) is 16.1. The Morgan fingerprint density at radius 1 is 1.26 bits per heavy atom. The van der Waals surface area contributed by atoms with E-state index in [0.717, 1.165) is 50.7 Å². The fraction of sp³-hybridized carbons (Fsp3) is 0.688. The number of likely N-dealkylation sites (tertiary alicyclic amines) is 1. The van der Waals surface area contributed by atoms with Gasteiger partial charge in [-0.15, -0.1) is 10.2 Å². The van der Waals surface area contributed by atoms with Crippen LogP contribution in [-0.2, 0) is 19.6 Å². The predicted molar refractivity (Wildman–Crippen MR) is 87.0 cm³/mol. The second-order valence-corrected chi connectivity index (χ2v) is 6.16. The zero-order valence-electron chi connectivity index (χ0n) is 14.0. The van der Waals surface area contributed by atoms with Gasteiger partial charge in [-0.2, -0.15) is 5.10 Å². The van der Waals surface area contributed by atoms with E-state index >= 15 is 0 Å². The van der Waals surface area contributed by atoms with Gasteiger partial charge in [0.1, 0.15) is 11.6 Å². The maximum atomic E-state index is 9.13. The van der Waals surface area contributed by atoms with Gasteiger partial charge < -0.3 is 9.67 Å². The Hall–Kier alpha value is -1.73. The van der Waals surface area contributed by atoms with E-state index in [4.69, 9.17) is 5.11 Å². The minimum Gasteiger partial charge on any atom is -0.394 e. The molecule has 0 radical (unpaired) electrons. The smallest absolute Gasteiger partial charge is 0.147 e. The summed E-state index contributed by atoms with van der Waals surface area (Å²) in [4.78, 5) is 2.46. The molecule has 0 aliphatic carbocycles. The average molecular weight is 318 g/mol. The van der Waals surface area contributed by atoms with E-state index < -0.39 is 0 Å². The van der Waals surface area contributed by atoms with Crippen molar-refractivity contribution in [1.29, 1.82) is 0 Å². The number of aliphatic hydroxyl groups excluding tert-OH is 1. The summed E-state index contributed by atoms with van der Waals surface area (Å²) < 4.78 is 4.12. The van der Waals surface area contributed by atoms with Crippen LogP contribution in [0.3, 0.4) is 0 Å². The summed E-state index contributed by atoms with van der Waals surface area (Å²) in [6.07, 6.45) is 4.08. The molecule has 1 aliphatic rings. The summed E-state index contributed by atoms with van der Waals surface area (Å²) in [6, 6.07) is 2.09.